The van der Waals surface area contributed by atoms with Crippen LogP contribution in [0.2, 0.25) is 5.15 Å². The molecule has 0 aliphatic heterocycles. The van der Waals surface area contributed by atoms with Gasteiger partial charge >= 0.3 is 6.18 Å². The topological polar surface area (TPSA) is 46.9 Å². The first-order valence-corrected chi connectivity index (χ1v) is 8.25. The summed E-state index contributed by atoms with van der Waals surface area (Å²) in [5.74, 6) is -0.581. The summed E-state index contributed by atoms with van der Waals surface area (Å²) in [4.78, 5) is 12.5. The molecule has 1 N–H and O–H groups in total. The van der Waals surface area contributed by atoms with Crippen molar-refractivity contribution in [2.45, 2.75) is 46.3 Å². The molecule has 1 amide bonds. The van der Waals surface area contributed by atoms with Gasteiger partial charge in [-0.3, -0.25) is 9.48 Å². The van der Waals surface area contributed by atoms with E-state index in [9.17, 15) is 18.0 Å². The molecule has 0 spiro atoms. The highest BCUT2D eigenvalue weighted by Crippen LogP contribution is 2.33. The van der Waals surface area contributed by atoms with Gasteiger partial charge in [0.15, 0.2) is 0 Å². The van der Waals surface area contributed by atoms with Crippen LogP contribution in [0.25, 0.3) is 0 Å². The molecule has 136 valence electrons. The summed E-state index contributed by atoms with van der Waals surface area (Å²) in [5.41, 5.74) is -0.0350. The van der Waals surface area contributed by atoms with E-state index in [4.69, 9.17) is 11.6 Å². The summed E-state index contributed by atoms with van der Waals surface area (Å²) in [6.45, 7) is 5.60. The molecular formula is C17H19ClF3N3O. The molecular weight excluding hydrogens is 355 g/mol. The highest BCUT2D eigenvalue weighted by molar-refractivity contribution is 6.33. The standard InChI is InChI=1S/C17H19ClF3N3O/c1-4-5-8-24-15(18)14(11(3)23-24)16(25)22-12-7-6-10(2)13(9-12)17(19,20)21/h6-7,9H,4-5,8H2,1-3H3,(H,22,25). The van der Waals surface area contributed by atoms with Gasteiger partial charge < -0.3 is 5.32 Å². The van der Waals surface area contributed by atoms with E-state index in [-0.39, 0.29) is 22.0 Å². The molecule has 1 aromatic carbocycles. The number of anilines is 1. The Labute approximate surface area is 149 Å². The van der Waals surface area contributed by atoms with Gasteiger partial charge in [0.05, 0.1) is 16.8 Å². The molecule has 0 radical (unpaired) electrons. The summed E-state index contributed by atoms with van der Waals surface area (Å²) in [7, 11) is 0. The second kappa shape index (κ2) is 7.47. The molecule has 0 atom stereocenters. The van der Waals surface area contributed by atoms with Crippen molar-refractivity contribution in [2.75, 3.05) is 5.32 Å². The van der Waals surface area contributed by atoms with Crippen LogP contribution in [0.5, 0.6) is 0 Å². The van der Waals surface area contributed by atoms with E-state index >= 15 is 0 Å². The van der Waals surface area contributed by atoms with E-state index in [2.05, 4.69) is 10.4 Å². The summed E-state index contributed by atoms with van der Waals surface area (Å²) in [5, 5.41) is 6.88. The molecule has 0 fully saturated rings. The van der Waals surface area contributed by atoms with Gasteiger partial charge in [-0.2, -0.15) is 18.3 Å². The Hall–Kier alpha value is -2.02. The third kappa shape index (κ3) is 4.34. The lowest BCUT2D eigenvalue weighted by molar-refractivity contribution is -0.138. The largest absolute Gasteiger partial charge is 0.416 e. The van der Waals surface area contributed by atoms with Crippen LogP contribution in [0, 0.1) is 13.8 Å². The van der Waals surface area contributed by atoms with E-state index in [0.29, 0.717) is 12.2 Å². The van der Waals surface area contributed by atoms with Crippen LogP contribution in [-0.4, -0.2) is 15.7 Å². The van der Waals surface area contributed by atoms with Crippen LogP contribution < -0.4 is 5.32 Å². The first-order chi connectivity index (χ1) is 11.6. The maximum absolute atomic E-state index is 13.0. The zero-order valence-corrected chi connectivity index (χ0v) is 14.9. The Morgan fingerprint density at radius 3 is 2.60 bits per heavy atom. The van der Waals surface area contributed by atoms with Gasteiger partial charge in [0.25, 0.3) is 5.91 Å². The SMILES string of the molecule is CCCCn1nc(C)c(C(=O)Nc2ccc(C)c(C(F)(F)F)c2)c1Cl. The van der Waals surface area contributed by atoms with Gasteiger partial charge in [-0.15, -0.1) is 0 Å². The molecule has 0 bridgehead atoms. The lowest BCUT2D eigenvalue weighted by atomic mass is 10.1. The molecule has 4 nitrogen and oxygen atoms in total. The summed E-state index contributed by atoms with van der Waals surface area (Å²) < 4.78 is 40.5. The highest BCUT2D eigenvalue weighted by atomic mass is 35.5. The zero-order chi connectivity index (χ0) is 18.8. The fourth-order valence-corrected chi connectivity index (χ4v) is 2.81. The average molecular weight is 374 g/mol. The van der Waals surface area contributed by atoms with Crippen molar-refractivity contribution in [3.63, 3.8) is 0 Å². The number of alkyl halides is 3. The van der Waals surface area contributed by atoms with Crippen molar-refractivity contribution in [1.82, 2.24) is 9.78 Å². The van der Waals surface area contributed by atoms with Crippen LogP contribution in [0.3, 0.4) is 0 Å². The van der Waals surface area contributed by atoms with Crippen LogP contribution in [0.4, 0.5) is 18.9 Å². The third-order valence-corrected chi connectivity index (χ3v) is 4.20. The molecule has 1 aromatic heterocycles. The number of halogens is 4. The molecule has 0 aliphatic carbocycles. The van der Waals surface area contributed by atoms with Crippen molar-refractivity contribution in [3.05, 3.63) is 45.7 Å². The second-order valence-corrected chi connectivity index (χ2v) is 6.17. The molecule has 25 heavy (non-hydrogen) atoms. The number of hydrogen-bond acceptors (Lipinski definition) is 2. The van der Waals surface area contributed by atoms with Gasteiger partial charge in [0.2, 0.25) is 0 Å². The molecule has 0 aliphatic rings. The number of amides is 1. The molecule has 1 heterocycles. The van der Waals surface area contributed by atoms with Crippen molar-refractivity contribution in [3.8, 4) is 0 Å². The lowest BCUT2D eigenvalue weighted by Crippen LogP contribution is -2.15. The Kier molecular flexibility index (Phi) is 5.77. The van der Waals surface area contributed by atoms with Crippen molar-refractivity contribution >= 4 is 23.2 Å². The monoisotopic (exact) mass is 373 g/mol. The predicted molar refractivity (Wildman–Crippen MR) is 91.0 cm³/mol. The highest BCUT2D eigenvalue weighted by Gasteiger charge is 2.32. The van der Waals surface area contributed by atoms with Crippen LogP contribution in [0.15, 0.2) is 18.2 Å². The number of benzene rings is 1. The minimum atomic E-state index is -4.48. The first-order valence-electron chi connectivity index (χ1n) is 7.87. The Morgan fingerprint density at radius 2 is 2.00 bits per heavy atom. The molecule has 0 saturated heterocycles. The van der Waals surface area contributed by atoms with E-state index < -0.39 is 17.6 Å². The summed E-state index contributed by atoms with van der Waals surface area (Å²) >= 11 is 6.22. The maximum atomic E-state index is 13.0. The molecule has 8 heteroatoms. The number of aryl methyl sites for hydroxylation is 3. The summed E-state index contributed by atoms with van der Waals surface area (Å²) in [6, 6.07) is 3.66. The van der Waals surface area contributed by atoms with Crippen molar-refractivity contribution in [1.29, 1.82) is 0 Å². The molecule has 2 aromatic rings. The fraction of sp³-hybridized carbons (Fsp3) is 0.412. The lowest BCUT2D eigenvalue weighted by Gasteiger charge is -2.12. The molecule has 0 saturated carbocycles. The van der Waals surface area contributed by atoms with Gasteiger partial charge in [0, 0.05) is 12.2 Å². The Balaban J connectivity index is 2.27. The van der Waals surface area contributed by atoms with E-state index in [1.807, 2.05) is 6.92 Å². The van der Waals surface area contributed by atoms with E-state index in [0.717, 1.165) is 18.9 Å². The number of carbonyl (C=O) groups excluding carboxylic acids is 1. The average Bonchev–Trinajstić information content (AvgIpc) is 2.80. The first kappa shape index (κ1) is 19.3. The van der Waals surface area contributed by atoms with Crippen LogP contribution in [-0.2, 0) is 12.7 Å². The van der Waals surface area contributed by atoms with Crippen LogP contribution in [0.1, 0.15) is 46.9 Å². The summed E-state index contributed by atoms with van der Waals surface area (Å²) in [6.07, 6.45) is -2.68. The van der Waals surface area contributed by atoms with Gasteiger partial charge in [0.1, 0.15) is 5.15 Å². The van der Waals surface area contributed by atoms with E-state index in [1.54, 1.807) is 6.92 Å². The number of rotatable bonds is 5. The maximum Gasteiger partial charge on any atom is 0.416 e. The smallest absolute Gasteiger partial charge is 0.322 e. The van der Waals surface area contributed by atoms with Crippen LogP contribution >= 0.6 is 11.6 Å². The Morgan fingerprint density at radius 1 is 1.32 bits per heavy atom. The zero-order valence-electron chi connectivity index (χ0n) is 14.2. The van der Waals surface area contributed by atoms with E-state index in [1.165, 1.54) is 23.7 Å². The van der Waals surface area contributed by atoms with Gasteiger partial charge in [-0.1, -0.05) is 31.0 Å². The number of unbranched alkanes of at least 4 members (excludes halogenated alkanes) is 1. The molecule has 2 rings (SSSR count). The number of nitrogens with zero attached hydrogens (tertiary/aromatic N) is 2. The normalized spacial score (nSPS) is 11.6. The molecule has 0 unspecified atom stereocenters. The van der Waals surface area contributed by atoms with Crippen molar-refractivity contribution < 1.29 is 18.0 Å². The minimum absolute atomic E-state index is 0.0553. The quantitative estimate of drug-likeness (QED) is 0.780. The van der Waals surface area contributed by atoms with Gasteiger partial charge in [-0.25, -0.2) is 0 Å². The minimum Gasteiger partial charge on any atom is -0.322 e. The number of aromatic nitrogens is 2. The Bertz CT molecular complexity index is 784. The van der Waals surface area contributed by atoms with Gasteiger partial charge in [-0.05, 0) is 38.0 Å². The fourth-order valence-electron chi connectivity index (χ4n) is 2.47. The predicted octanol–water partition coefficient (Wildman–Crippen LogP) is 5.22. The number of carbonyl (C=O) groups is 1. The third-order valence-electron chi connectivity index (χ3n) is 3.82. The van der Waals surface area contributed by atoms with Crippen molar-refractivity contribution in [2.24, 2.45) is 0 Å². The second-order valence-electron chi connectivity index (χ2n) is 5.81. The number of nitrogens with one attached hydrogen (secondary N) is 1. The number of hydrogen-bond donors (Lipinski definition) is 1.